The monoisotopic (exact) mass is 216 g/mol. The van der Waals surface area contributed by atoms with E-state index in [-0.39, 0.29) is 0 Å². The van der Waals surface area contributed by atoms with Crippen molar-refractivity contribution in [1.82, 2.24) is 20.6 Å². The lowest BCUT2D eigenvalue weighted by Crippen LogP contribution is -2.40. The first-order valence-corrected chi connectivity index (χ1v) is 5.81. The van der Waals surface area contributed by atoms with Crippen LogP contribution in [0, 0.1) is 0 Å². The van der Waals surface area contributed by atoms with Crippen molar-refractivity contribution < 1.29 is 0 Å². The molecule has 0 fully saturated rings. The molecule has 0 saturated carbocycles. The summed E-state index contributed by atoms with van der Waals surface area (Å²) < 4.78 is 0. The molecule has 84 valence electrons. The van der Waals surface area contributed by atoms with Gasteiger partial charge in [0.2, 0.25) is 0 Å². The molecule has 1 aliphatic carbocycles. The molecule has 0 amide bonds. The Bertz CT molecular complexity index is 532. The van der Waals surface area contributed by atoms with E-state index in [2.05, 4.69) is 34.5 Å². The minimum Gasteiger partial charge on any atom is -0.325 e. The van der Waals surface area contributed by atoms with Crippen molar-refractivity contribution in [2.24, 2.45) is 0 Å². The quantitative estimate of drug-likeness (QED) is 0.690. The minimum absolute atomic E-state index is 0.489. The summed E-state index contributed by atoms with van der Waals surface area (Å²) in [5.74, 6) is 0. The van der Waals surface area contributed by atoms with Crippen molar-refractivity contribution in [3.05, 3.63) is 22.3 Å². The van der Waals surface area contributed by atoms with Gasteiger partial charge in [0.1, 0.15) is 0 Å². The third-order valence-electron chi connectivity index (χ3n) is 3.34. The zero-order chi connectivity index (χ0) is 11.1. The van der Waals surface area contributed by atoms with Gasteiger partial charge in [0.15, 0.2) is 0 Å². The van der Waals surface area contributed by atoms with Gasteiger partial charge >= 0.3 is 0 Å². The molecular formula is C12H16N4. The molecular weight excluding hydrogens is 200 g/mol. The summed E-state index contributed by atoms with van der Waals surface area (Å²) in [6.07, 6.45) is 6.07. The van der Waals surface area contributed by atoms with E-state index in [1.165, 1.54) is 16.0 Å². The summed E-state index contributed by atoms with van der Waals surface area (Å²) >= 11 is 0. The van der Waals surface area contributed by atoms with Crippen LogP contribution >= 0.6 is 0 Å². The van der Waals surface area contributed by atoms with Crippen molar-refractivity contribution in [2.45, 2.75) is 32.7 Å². The molecule has 0 saturated heterocycles. The van der Waals surface area contributed by atoms with Crippen LogP contribution in [-0.2, 0) is 6.42 Å². The molecule has 0 unspecified atom stereocenters. The molecule has 0 spiro atoms. The molecule has 0 atom stereocenters. The van der Waals surface area contributed by atoms with E-state index in [0.29, 0.717) is 6.04 Å². The normalized spacial score (nSPS) is 19.1. The van der Waals surface area contributed by atoms with Crippen molar-refractivity contribution >= 4 is 11.8 Å². The molecule has 2 aliphatic rings. The number of aryl methyl sites for hydroxylation is 1. The highest BCUT2D eigenvalue weighted by Gasteiger charge is 2.20. The molecule has 1 N–H and O–H groups in total. The van der Waals surface area contributed by atoms with Gasteiger partial charge < -0.3 is 5.43 Å². The van der Waals surface area contributed by atoms with Crippen molar-refractivity contribution in [3.8, 4) is 0 Å². The van der Waals surface area contributed by atoms with Gasteiger partial charge in [-0.25, -0.2) is 5.01 Å². The number of rotatable bonds is 1. The molecule has 4 nitrogen and oxygen atoms in total. The second kappa shape index (κ2) is 3.56. The molecule has 4 heteroatoms. The van der Waals surface area contributed by atoms with E-state index in [1.807, 2.05) is 12.4 Å². The number of hydrazine groups is 1. The maximum absolute atomic E-state index is 4.23. The van der Waals surface area contributed by atoms with Gasteiger partial charge in [0.05, 0.1) is 11.9 Å². The Hall–Kier alpha value is -1.42. The van der Waals surface area contributed by atoms with E-state index >= 15 is 0 Å². The van der Waals surface area contributed by atoms with Crippen LogP contribution < -0.4 is 15.9 Å². The smallest absolute Gasteiger partial charge is 0.0713 e. The fraction of sp³-hybridized carbons (Fsp3) is 0.500. The van der Waals surface area contributed by atoms with Crippen molar-refractivity contribution in [2.75, 3.05) is 6.54 Å². The van der Waals surface area contributed by atoms with E-state index in [0.717, 1.165) is 25.1 Å². The molecule has 1 aromatic rings. The molecule has 1 aromatic heterocycles. The number of hydrogen-bond donors (Lipinski definition) is 1. The first-order valence-electron chi connectivity index (χ1n) is 5.81. The summed E-state index contributed by atoms with van der Waals surface area (Å²) in [5, 5.41) is 13.1. The number of nitrogens with one attached hydrogen (secondary N) is 1. The Balaban J connectivity index is 2.19. The highest BCUT2D eigenvalue weighted by Crippen LogP contribution is 2.14. The zero-order valence-electron chi connectivity index (χ0n) is 9.70. The Labute approximate surface area is 94.6 Å². The number of nitrogens with zero attached hydrogens (tertiary/aromatic N) is 3. The Morgan fingerprint density at radius 2 is 2.25 bits per heavy atom. The zero-order valence-corrected chi connectivity index (χ0v) is 9.70. The van der Waals surface area contributed by atoms with Gasteiger partial charge in [0.25, 0.3) is 0 Å². The summed E-state index contributed by atoms with van der Waals surface area (Å²) in [4.78, 5) is 0. The van der Waals surface area contributed by atoms with Crippen molar-refractivity contribution in [1.29, 1.82) is 0 Å². The molecule has 0 aromatic carbocycles. The highest BCUT2D eigenvalue weighted by atomic mass is 15.5. The standard InChI is InChI=1S/C12H16N4/c1-8(2)16-7-9-3-4-11-12(9)10(6-14-16)5-13-15-11/h5-6,8,14H,3-4,7H2,1-2H3. The number of aromatic nitrogens is 2. The van der Waals surface area contributed by atoms with Gasteiger partial charge in [-0.3, -0.25) is 0 Å². The van der Waals surface area contributed by atoms with E-state index in [1.54, 1.807) is 0 Å². The summed E-state index contributed by atoms with van der Waals surface area (Å²) in [6.45, 7) is 5.38. The molecule has 16 heavy (non-hydrogen) atoms. The lowest BCUT2D eigenvalue weighted by molar-refractivity contribution is 0.208. The predicted molar refractivity (Wildman–Crippen MR) is 62.5 cm³/mol. The third-order valence-corrected chi connectivity index (χ3v) is 3.34. The first kappa shape index (κ1) is 9.78. The maximum atomic E-state index is 4.23. The van der Waals surface area contributed by atoms with E-state index in [4.69, 9.17) is 0 Å². The molecule has 1 aliphatic heterocycles. The fourth-order valence-corrected chi connectivity index (χ4v) is 2.42. The molecule has 2 heterocycles. The highest BCUT2D eigenvalue weighted by molar-refractivity contribution is 5.54. The van der Waals surface area contributed by atoms with Crippen LogP contribution in [0.4, 0.5) is 0 Å². The minimum atomic E-state index is 0.489. The lowest BCUT2D eigenvalue weighted by atomic mass is 10.2. The van der Waals surface area contributed by atoms with Crippen LogP contribution in [0.25, 0.3) is 11.8 Å². The van der Waals surface area contributed by atoms with E-state index < -0.39 is 0 Å². The van der Waals surface area contributed by atoms with Crippen LogP contribution in [0.2, 0.25) is 0 Å². The van der Waals surface area contributed by atoms with Gasteiger partial charge in [-0.15, -0.1) is 0 Å². The van der Waals surface area contributed by atoms with Gasteiger partial charge in [-0.1, -0.05) is 0 Å². The van der Waals surface area contributed by atoms with Crippen LogP contribution in [0.5, 0.6) is 0 Å². The molecule has 3 rings (SSSR count). The van der Waals surface area contributed by atoms with E-state index in [9.17, 15) is 0 Å². The summed E-state index contributed by atoms with van der Waals surface area (Å²) in [7, 11) is 0. The van der Waals surface area contributed by atoms with Crippen LogP contribution in [-0.4, -0.2) is 27.8 Å². The number of hydrogen-bond acceptors (Lipinski definition) is 4. The van der Waals surface area contributed by atoms with Crippen molar-refractivity contribution in [3.63, 3.8) is 0 Å². The lowest BCUT2D eigenvalue weighted by Gasteiger charge is -2.25. The SMILES string of the molecule is CC(C)N1CC2=c3c(nncc3=CN1)CC2. The fourth-order valence-electron chi connectivity index (χ4n) is 2.42. The first-order chi connectivity index (χ1) is 7.75. The van der Waals surface area contributed by atoms with Crippen LogP contribution in [0.1, 0.15) is 26.0 Å². The second-order valence-electron chi connectivity index (χ2n) is 4.72. The van der Waals surface area contributed by atoms with Crippen LogP contribution in [0.3, 0.4) is 0 Å². The second-order valence-corrected chi connectivity index (χ2v) is 4.72. The maximum Gasteiger partial charge on any atom is 0.0713 e. The van der Waals surface area contributed by atoms with Crippen LogP contribution in [0.15, 0.2) is 6.20 Å². The summed E-state index contributed by atoms with van der Waals surface area (Å²) in [5.41, 5.74) is 6.01. The Morgan fingerprint density at radius 3 is 3.06 bits per heavy atom. The van der Waals surface area contributed by atoms with Gasteiger partial charge in [-0.05, 0) is 32.3 Å². The third kappa shape index (κ3) is 1.41. The predicted octanol–water partition coefficient (Wildman–Crippen LogP) is -0.460. The largest absolute Gasteiger partial charge is 0.325 e. The van der Waals surface area contributed by atoms with Gasteiger partial charge in [0, 0.05) is 29.2 Å². The topological polar surface area (TPSA) is 41.1 Å². The molecule has 0 radical (unpaired) electrons. The van der Waals surface area contributed by atoms with Gasteiger partial charge in [-0.2, -0.15) is 10.2 Å². The Morgan fingerprint density at radius 1 is 1.38 bits per heavy atom. The Kier molecular flexibility index (Phi) is 2.17. The summed E-state index contributed by atoms with van der Waals surface area (Å²) in [6, 6.07) is 0.489. The average molecular weight is 216 g/mol. The average Bonchev–Trinajstić information content (AvgIpc) is 2.56. The molecule has 0 bridgehead atoms.